The van der Waals surface area contributed by atoms with Gasteiger partial charge in [0.2, 0.25) is 0 Å². The van der Waals surface area contributed by atoms with Gasteiger partial charge in [-0.05, 0) is 50.1 Å². The first-order valence-corrected chi connectivity index (χ1v) is 6.81. The van der Waals surface area contributed by atoms with Crippen LogP contribution < -0.4 is 5.32 Å². The molecule has 1 aromatic carbocycles. The SMILES string of the molecule is Cc1ccc(C(=O)Nc2nnc(-c3ccoc3C)o2)cc1C. The molecule has 22 heavy (non-hydrogen) atoms. The molecule has 6 nitrogen and oxygen atoms in total. The Morgan fingerprint density at radius 2 is 1.91 bits per heavy atom. The second kappa shape index (κ2) is 5.48. The molecular formula is C16H15N3O3. The van der Waals surface area contributed by atoms with Crippen LogP contribution >= 0.6 is 0 Å². The predicted molar refractivity (Wildman–Crippen MR) is 80.6 cm³/mol. The zero-order valence-electron chi connectivity index (χ0n) is 12.5. The average molecular weight is 297 g/mol. The lowest BCUT2D eigenvalue weighted by Crippen LogP contribution is -2.12. The Morgan fingerprint density at radius 3 is 2.59 bits per heavy atom. The van der Waals surface area contributed by atoms with Crippen LogP contribution in [0.4, 0.5) is 6.01 Å². The normalized spacial score (nSPS) is 10.7. The van der Waals surface area contributed by atoms with Crippen LogP contribution in [0.5, 0.6) is 0 Å². The highest BCUT2D eigenvalue weighted by Gasteiger charge is 2.15. The summed E-state index contributed by atoms with van der Waals surface area (Å²) in [7, 11) is 0. The molecule has 0 saturated carbocycles. The number of hydrogen-bond acceptors (Lipinski definition) is 5. The van der Waals surface area contributed by atoms with Crippen molar-refractivity contribution < 1.29 is 13.6 Å². The molecule has 1 N–H and O–H groups in total. The van der Waals surface area contributed by atoms with Crippen LogP contribution in [0.25, 0.3) is 11.5 Å². The predicted octanol–water partition coefficient (Wildman–Crippen LogP) is 3.51. The zero-order chi connectivity index (χ0) is 15.7. The second-order valence-electron chi connectivity index (χ2n) is 5.06. The summed E-state index contributed by atoms with van der Waals surface area (Å²) in [5.41, 5.74) is 3.43. The Morgan fingerprint density at radius 1 is 1.09 bits per heavy atom. The molecule has 0 atom stereocenters. The zero-order valence-corrected chi connectivity index (χ0v) is 12.5. The smallest absolute Gasteiger partial charge is 0.322 e. The summed E-state index contributed by atoms with van der Waals surface area (Å²) in [6, 6.07) is 7.27. The summed E-state index contributed by atoms with van der Waals surface area (Å²) in [6.07, 6.45) is 1.54. The number of benzene rings is 1. The minimum absolute atomic E-state index is 0.0545. The second-order valence-corrected chi connectivity index (χ2v) is 5.06. The number of carbonyl (C=O) groups is 1. The molecule has 0 fully saturated rings. The standard InChI is InChI=1S/C16H15N3O3/c1-9-4-5-12(8-10(9)2)14(20)17-16-19-18-15(22-16)13-6-7-21-11(13)3/h4-8H,1-3H3,(H,17,19,20). The molecule has 2 heterocycles. The van der Waals surface area contributed by atoms with E-state index in [1.165, 1.54) is 0 Å². The van der Waals surface area contributed by atoms with E-state index < -0.39 is 0 Å². The Hall–Kier alpha value is -2.89. The number of furan rings is 1. The summed E-state index contributed by atoms with van der Waals surface area (Å²) < 4.78 is 10.6. The Balaban J connectivity index is 1.79. The van der Waals surface area contributed by atoms with Crippen LogP contribution in [-0.2, 0) is 0 Å². The van der Waals surface area contributed by atoms with Crippen molar-refractivity contribution >= 4 is 11.9 Å². The Bertz CT molecular complexity index is 833. The highest BCUT2D eigenvalue weighted by atomic mass is 16.4. The third-order valence-electron chi connectivity index (χ3n) is 3.50. The molecule has 0 saturated heterocycles. The number of carbonyl (C=O) groups excluding carboxylic acids is 1. The topological polar surface area (TPSA) is 81.2 Å². The first kappa shape index (κ1) is 14.1. The number of aromatic nitrogens is 2. The number of amides is 1. The molecule has 0 unspecified atom stereocenters. The van der Waals surface area contributed by atoms with Crippen LogP contribution in [-0.4, -0.2) is 16.1 Å². The van der Waals surface area contributed by atoms with Crippen molar-refractivity contribution in [2.24, 2.45) is 0 Å². The van der Waals surface area contributed by atoms with E-state index in [4.69, 9.17) is 8.83 Å². The van der Waals surface area contributed by atoms with E-state index in [2.05, 4.69) is 15.5 Å². The summed E-state index contributed by atoms with van der Waals surface area (Å²) in [5.74, 6) is 0.694. The number of hydrogen-bond donors (Lipinski definition) is 1. The fourth-order valence-electron chi connectivity index (χ4n) is 2.04. The van der Waals surface area contributed by atoms with Gasteiger partial charge < -0.3 is 8.83 Å². The van der Waals surface area contributed by atoms with Crippen molar-refractivity contribution in [3.8, 4) is 11.5 Å². The van der Waals surface area contributed by atoms with E-state index in [1.54, 1.807) is 25.3 Å². The highest BCUT2D eigenvalue weighted by Crippen LogP contribution is 2.24. The van der Waals surface area contributed by atoms with Crippen molar-refractivity contribution in [1.29, 1.82) is 0 Å². The summed E-state index contributed by atoms with van der Waals surface area (Å²) >= 11 is 0. The Kier molecular flexibility index (Phi) is 3.50. The number of aryl methyl sites for hydroxylation is 3. The van der Waals surface area contributed by atoms with Crippen molar-refractivity contribution in [3.63, 3.8) is 0 Å². The molecule has 6 heteroatoms. The van der Waals surface area contributed by atoms with Crippen LogP contribution in [0.2, 0.25) is 0 Å². The van der Waals surface area contributed by atoms with Crippen molar-refractivity contribution in [2.75, 3.05) is 5.32 Å². The average Bonchev–Trinajstić information content (AvgIpc) is 3.10. The van der Waals surface area contributed by atoms with Gasteiger partial charge in [-0.25, -0.2) is 0 Å². The van der Waals surface area contributed by atoms with Crippen LogP contribution in [0, 0.1) is 20.8 Å². The lowest BCUT2D eigenvalue weighted by atomic mass is 10.1. The van der Waals surface area contributed by atoms with Gasteiger partial charge in [0.05, 0.1) is 11.8 Å². The molecule has 0 spiro atoms. The highest BCUT2D eigenvalue weighted by molar-refractivity contribution is 6.03. The van der Waals surface area contributed by atoms with Crippen LogP contribution in [0.3, 0.4) is 0 Å². The quantitative estimate of drug-likeness (QED) is 0.800. The summed E-state index contributed by atoms with van der Waals surface area (Å²) in [4.78, 5) is 12.2. The Labute approximate surface area is 127 Å². The first-order valence-electron chi connectivity index (χ1n) is 6.81. The number of anilines is 1. The molecular weight excluding hydrogens is 282 g/mol. The van der Waals surface area contributed by atoms with Gasteiger partial charge >= 0.3 is 6.01 Å². The summed E-state index contributed by atoms with van der Waals surface area (Å²) in [5, 5.41) is 10.3. The molecule has 1 amide bonds. The van der Waals surface area contributed by atoms with Crippen molar-refractivity contribution in [2.45, 2.75) is 20.8 Å². The van der Waals surface area contributed by atoms with E-state index in [0.29, 0.717) is 22.8 Å². The molecule has 3 aromatic rings. The van der Waals surface area contributed by atoms with E-state index in [9.17, 15) is 4.79 Å². The van der Waals surface area contributed by atoms with Crippen LogP contribution in [0.1, 0.15) is 27.2 Å². The van der Waals surface area contributed by atoms with Gasteiger partial charge in [-0.3, -0.25) is 10.1 Å². The van der Waals surface area contributed by atoms with Gasteiger partial charge in [0.15, 0.2) is 0 Å². The van der Waals surface area contributed by atoms with Gasteiger partial charge in [-0.2, -0.15) is 0 Å². The van der Waals surface area contributed by atoms with Gasteiger partial charge in [-0.1, -0.05) is 11.2 Å². The van der Waals surface area contributed by atoms with Gasteiger partial charge in [0.25, 0.3) is 11.8 Å². The van der Waals surface area contributed by atoms with Gasteiger partial charge in [-0.15, -0.1) is 5.10 Å². The molecule has 0 aliphatic rings. The third kappa shape index (κ3) is 2.63. The molecule has 112 valence electrons. The van der Waals surface area contributed by atoms with E-state index in [-0.39, 0.29) is 11.9 Å². The largest absolute Gasteiger partial charge is 0.469 e. The molecule has 0 aliphatic carbocycles. The maximum atomic E-state index is 12.2. The number of nitrogens with zero attached hydrogens (tertiary/aromatic N) is 2. The minimum atomic E-state index is -0.290. The monoisotopic (exact) mass is 297 g/mol. The van der Waals surface area contributed by atoms with Crippen LogP contribution in [0.15, 0.2) is 39.4 Å². The lowest BCUT2D eigenvalue weighted by Gasteiger charge is -2.04. The maximum absolute atomic E-state index is 12.2. The fourth-order valence-corrected chi connectivity index (χ4v) is 2.04. The number of nitrogens with one attached hydrogen (secondary N) is 1. The number of rotatable bonds is 3. The maximum Gasteiger partial charge on any atom is 0.322 e. The first-order chi connectivity index (χ1) is 10.5. The molecule has 0 aliphatic heterocycles. The molecule has 3 rings (SSSR count). The van der Waals surface area contributed by atoms with Crippen molar-refractivity contribution in [1.82, 2.24) is 10.2 Å². The van der Waals surface area contributed by atoms with E-state index >= 15 is 0 Å². The lowest BCUT2D eigenvalue weighted by molar-refractivity contribution is 0.102. The third-order valence-corrected chi connectivity index (χ3v) is 3.50. The van der Waals surface area contributed by atoms with Crippen molar-refractivity contribution in [3.05, 3.63) is 53.0 Å². The fraction of sp³-hybridized carbons (Fsp3) is 0.188. The van der Waals surface area contributed by atoms with E-state index in [0.717, 1.165) is 11.1 Å². The molecule has 0 bridgehead atoms. The van der Waals surface area contributed by atoms with Gasteiger partial charge in [0, 0.05) is 5.56 Å². The molecule has 0 radical (unpaired) electrons. The molecule has 2 aromatic heterocycles. The minimum Gasteiger partial charge on any atom is -0.469 e. The van der Waals surface area contributed by atoms with Gasteiger partial charge in [0.1, 0.15) is 5.76 Å². The summed E-state index contributed by atoms with van der Waals surface area (Å²) in [6.45, 7) is 5.75. The van der Waals surface area contributed by atoms with E-state index in [1.807, 2.05) is 26.0 Å².